The lowest BCUT2D eigenvalue weighted by molar-refractivity contribution is 0.0711. The molecule has 0 amide bonds. The van der Waals surface area contributed by atoms with E-state index in [9.17, 15) is 0 Å². The Balaban J connectivity index is 2.70. The highest BCUT2D eigenvalue weighted by Crippen LogP contribution is 2.24. The van der Waals surface area contributed by atoms with Crippen LogP contribution in [0.2, 0.25) is 0 Å². The summed E-state index contributed by atoms with van der Waals surface area (Å²) in [7, 11) is 1.70. The second-order valence-electron chi connectivity index (χ2n) is 4.17. The molecule has 1 N–H and O–H groups in total. The maximum Gasteiger partial charge on any atom is 0.124 e. The number of ether oxygens (including phenoxy) is 2. The van der Waals surface area contributed by atoms with Crippen LogP contribution in [0.1, 0.15) is 32.4 Å². The van der Waals surface area contributed by atoms with Crippen molar-refractivity contribution in [2.75, 3.05) is 20.3 Å². The molecule has 0 heterocycles. The Morgan fingerprint density at radius 3 is 2.59 bits per heavy atom. The lowest BCUT2D eigenvalue weighted by Gasteiger charge is -2.19. The van der Waals surface area contributed by atoms with Gasteiger partial charge in [0.15, 0.2) is 0 Å². The fourth-order valence-electron chi connectivity index (χ4n) is 1.66. The number of rotatable bonds is 7. The monoisotopic (exact) mass is 237 g/mol. The summed E-state index contributed by atoms with van der Waals surface area (Å²) in [5.74, 6) is 0.935. The summed E-state index contributed by atoms with van der Waals surface area (Å²) in [6.07, 6.45) is 0.109. The fraction of sp³-hybridized carbons (Fsp3) is 0.571. The van der Waals surface area contributed by atoms with Crippen molar-refractivity contribution in [3.05, 3.63) is 29.8 Å². The lowest BCUT2D eigenvalue weighted by atomic mass is 10.1. The molecule has 0 aliphatic rings. The molecule has 1 rings (SSSR count). The van der Waals surface area contributed by atoms with Crippen LogP contribution in [0, 0.1) is 0 Å². The van der Waals surface area contributed by atoms with Gasteiger partial charge in [-0.25, -0.2) is 0 Å². The van der Waals surface area contributed by atoms with E-state index in [1.54, 1.807) is 7.11 Å². The molecule has 0 saturated heterocycles. The van der Waals surface area contributed by atoms with Crippen LogP contribution in [-0.2, 0) is 4.74 Å². The Kier molecular flexibility index (Phi) is 6.01. The van der Waals surface area contributed by atoms with Crippen molar-refractivity contribution in [1.82, 2.24) is 5.32 Å². The zero-order valence-electron chi connectivity index (χ0n) is 11.2. The number of benzene rings is 1. The molecule has 0 aromatic heterocycles. The average Bonchev–Trinajstić information content (AvgIpc) is 2.36. The van der Waals surface area contributed by atoms with Crippen molar-refractivity contribution in [2.24, 2.45) is 0 Å². The molecule has 1 aromatic rings. The normalized spacial score (nSPS) is 14.4. The minimum Gasteiger partial charge on any atom is -0.491 e. The summed E-state index contributed by atoms with van der Waals surface area (Å²) in [5, 5.41) is 3.39. The van der Waals surface area contributed by atoms with Crippen molar-refractivity contribution in [3.8, 4) is 5.75 Å². The van der Waals surface area contributed by atoms with E-state index in [-0.39, 0.29) is 6.10 Å². The molecule has 3 nitrogen and oxygen atoms in total. The number of methoxy groups -OCH3 is 1. The van der Waals surface area contributed by atoms with Crippen LogP contribution >= 0.6 is 0 Å². The molecule has 2 unspecified atom stereocenters. The second kappa shape index (κ2) is 7.30. The van der Waals surface area contributed by atoms with Gasteiger partial charge in [0.25, 0.3) is 0 Å². The van der Waals surface area contributed by atoms with Gasteiger partial charge in [-0.3, -0.25) is 0 Å². The molecule has 3 heteroatoms. The third-order valence-corrected chi connectivity index (χ3v) is 2.77. The van der Waals surface area contributed by atoms with E-state index < -0.39 is 0 Å². The molecule has 0 spiro atoms. The third kappa shape index (κ3) is 4.36. The molecule has 0 bridgehead atoms. The minimum atomic E-state index is 0.109. The molecule has 96 valence electrons. The van der Waals surface area contributed by atoms with Gasteiger partial charge in [0, 0.05) is 18.7 Å². The molecular formula is C14H23NO2. The van der Waals surface area contributed by atoms with E-state index >= 15 is 0 Å². The first-order chi connectivity index (χ1) is 8.19. The lowest BCUT2D eigenvalue weighted by Crippen LogP contribution is -2.20. The Morgan fingerprint density at radius 1 is 1.24 bits per heavy atom. The number of hydrogen-bond donors (Lipinski definition) is 1. The predicted octanol–water partition coefficient (Wildman–Crippen LogP) is 2.77. The molecule has 0 aliphatic heterocycles. The molecule has 2 atom stereocenters. The summed E-state index contributed by atoms with van der Waals surface area (Å²) in [6, 6.07) is 8.44. The van der Waals surface area contributed by atoms with Gasteiger partial charge in [-0.05, 0) is 26.5 Å². The Bertz CT molecular complexity index is 328. The number of hydrogen-bond acceptors (Lipinski definition) is 3. The molecule has 0 fully saturated rings. The van der Waals surface area contributed by atoms with Gasteiger partial charge in [0.05, 0.1) is 6.10 Å². The zero-order valence-corrected chi connectivity index (χ0v) is 11.2. The van der Waals surface area contributed by atoms with E-state index in [0.717, 1.165) is 12.3 Å². The van der Waals surface area contributed by atoms with Crippen molar-refractivity contribution >= 4 is 0 Å². The van der Waals surface area contributed by atoms with E-state index in [0.29, 0.717) is 12.6 Å². The Morgan fingerprint density at radius 2 is 1.94 bits per heavy atom. The minimum absolute atomic E-state index is 0.109. The van der Waals surface area contributed by atoms with E-state index in [4.69, 9.17) is 9.47 Å². The number of nitrogens with one attached hydrogen (secondary N) is 1. The SMILES string of the molecule is CCNC(C)c1ccccc1OCC(C)OC. The standard InChI is InChI=1S/C14H23NO2/c1-5-15-12(3)13-8-6-7-9-14(13)17-10-11(2)16-4/h6-9,11-12,15H,5,10H2,1-4H3. The first kappa shape index (κ1) is 14.0. The van der Waals surface area contributed by atoms with Gasteiger partial charge in [-0.15, -0.1) is 0 Å². The molecule has 0 saturated carbocycles. The second-order valence-corrected chi connectivity index (χ2v) is 4.17. The van der Waals surface area contributed by atoms with E-state index in [1.165, 1.54) is 5.56 Å². The smallest absolute Gasteiger partial charge is 0.124 e. The highest BCUT2D eigenvalue weighted by atomic mass is 16.5. The third-order valence-electron chi connectivity index (χ3n) is 2.77. The van der Waals surface area contributed by atoms with Crippen molar-refractivity contribution < 1.29 is 9.47 Å². The summed E-state index contributed by atoms with van der Waals surface area (Å²) in [4.78, 5) is 0. The van der Waals surface area contributed by atoms with Crippen LogP contribution in [0.5, 0.6) is 5.75 Å². The van der Waals surface area contributed by atoms with Crippen LogP contribution in [-0.4, -0.2) is 26.4 Å². The van der Waals surface area contributed by atoms with E-state index in [1.807, 2.05) is 25.1 Å². The molecular weight excluding hydrogens is 214 g/mol. The van der Waals surface area contributed by atoms with Crippen LogP contribution in [0.25, 0.3) is 0 Å². The van der Waals surface area contributed by atoms with Gasteiger partial charge in [0.1, 0.15) is 12.4 Å². The maximum atomic E-state index is 5.79. The van der Waals surface area contributed by atoms with Gasteiger partial charge < -0.3 is 14.8 Å². The molecule has 17 heavy (non-hydrogen) atoms. The molecule has 0 radical (unpaired) electrons. The predicted molar refractivity (Wildman–Crippen MR) is 70.5 cm³/mol. The van der Waals surface area contributed by atoms with Gasteiger partial charge in [0.2, 0.25) is 0 Å². The highest BCUT2D eigenvalue weighted by molar-refractivity contribution is 5.35. The topological polar surface area (TPSA) is 30.5 Å². The fourth-order valence-corrected chi connectivity index (χ4v) is 1.66. The van der Waals surface area contributed by atoms with Crippen LogP contribution in [0.4, 0.5) is 0 Å². The van der Waals surface area contributed by atoms with Crippen molar-refractivity contribution in [3.63, 3.8) is 0 Å². The van der Waals surface area contributed by atoms with Crippen LogP contribution < -0.4 is 10.1 Å². The first-order valence-corrected chi connectivity index (χ1v) is 6.17. The molecule has 0 aliphatic carbocycles. The summed E-state index contributed by atoms with van der Waals surface area (Å²) >= 11 is 0. The first-order valence-electron chi connectivity index (χ1n) is 6.17. The zero-order chi connectivity index (χ0) is 12.7. The summed E-state index contributed by atoms with van der Waals surface area (Å²) < 4.78 is 11.0. The van der Waals surface area contributed by atoms with Crippen molar-refractivity contribution in [1.29, 1.82) is 0 Å². The van der Waals surface area contributed by atoms with Gasteiger partial charge >= 0.3 is 0 Å². The Labute approximate surface area is 104 Å². The molecule has 1 aromatic carbocycles. The summed E-state index contributed by atoms with van der Waals surface area (Å²) in [5.41, 5.74) is 1.19. The van der Waals surface area contributed by atoms with Gasteiger partial charge in [-0.2, -0.15) is 0 Å². The van der Waals surface area contributed by atoms with Crippen LogP contribution in [0.15, 0.2) is 24.3 Å². The largest absolute Gasteiger partial charge is 0.491 e. The van der Waals surface area contributed by atoms with Crippen molar-refractivity contribution in [2.45, 2.75) is 32.9 Å². The van der Waals surface area contributed by atoms with E-state index in [2.05, 4.69) is 25.2 Å². The maximum absolute atomic E-state index is 5.79. The van der Waals surface area contributed by atoms with Gasteiger partial charge in [-0.1, -0.05) is 25.1 Å². The quantitative estimate of drug-likeness (QED) is 0.791. The average molecular weight is 237 g/mol. The Hall–Kier alpha value is -1.06. The highest BCUT2D eigenvalue weighted by Gasteiger charge is 2.10. The number of para-hydroxylation sites is 1. The van der Waals surface area contributed by atoms with Crippen LogP contribution in [0.3, 0.4) is 0 Å². The summed E-state index contributed by atoms with van der Waals surface area (Å²) in [6.45, 7) is 7.77.